The van der Waals surface area contributed by atoms with Gasteiger partial charge in [0, 0.05) is 32.8 Å². The van der Waals surface area contributed by atoms with E-state index in [1.54, 1.807) is 84.9 Å². The van der Waals surface area contributed by atoms with E-state index in [9.17, 15) is 32.7 Å². The molecule has 260 valence electrons. The Morgan fingerprint density at radius 1 is 0.843 bits per heavy atom. The Kier molecular flexibility index (Phi) is 11.7. The van der Waals surface area contributed by atoms with Crippen molar-refractivity contribution in [1.29, 1.82) is 0 Å². The summed E-state index contributed by atoms with van der Waals surface area (Å²) in [6.45, 7) is 0. The maximum absolute atomic E-state index is 13.8. The monoisotopic (exact) mass is 731 g/mol. The molecule has 51 heavy (non-hydrogen) atoms. The number of aromatic hydroxyl groups is 1. The van der Waals surface area contributed by atoms with Gasteiger partial charge in [0.15, 0.2) is 0 Å². The van der Waals surface area contributed by atoms with Gasteiger partial charge in [0.2, 0.25) is 5.91 Å². The Labute approximate surface area is 300 Å². The highest BCUT2D eigenvalue weighted by Crippen LogP contribution is 2.40. The summed E-state index contributed by atoms with van der Waals surface area (Å²) in [5.74, 6) is -1.78. The lowest BCUT2D eigenvalue weighted by Crippen LogP contribution is -2.30. The van der Waals surface area contributed by atoms with Gasteiger partial charge in [0.1, 0.15) is 22.4 Å². The van der Waals surface area contributed by atoms with Crippen LogP contribution in [0.2, 0.25) is 5.02 Å². The van der Waals surface area contributed by atoms with Crippen LogP contribution in [0.1, 0.15) is 32.3 Å². The molecule has 0 aliphatic heterocycles. The fraction of sp³-hybridized carbons (Fsp3) is 0.0789. The minimum atomic E-state index is -4.77. The van der Waals surface area contributed by atoms with Crippen molar-refractivity contribution in [2.45, 2.75) is 16.3 Å². The zero-order chi connectivity index (χ0) is 36.5. The van der Waals surface area contributed by atoms with E-state index in [-0.39, 0.29) is 22.2 Å². The fourth-order valence-electron chi connectivity index (χ4n) is 4.86. The summed E-state index contributed by atoms with van der Waals surface area (Å²) in [5, 5.41) is 16.6. The van der Waals surface area contributed by atoms with Crippen molar-refractivity contribution in [3.05, 3.63) is 154 Å². The molecule has 5 aromatic carbocycles. The quantitative estimate of drug-likeness (QED) is 0.0797. The number of nitrogens with one attached hydrogen (secondary N) is 3. The molecular weight excluding hydrogens is 703 g/mol. The minimum absolute atomic E-state index is 0.0610. The molecule has 0 saturated carbocycles. The average molecular weight is 732 g/mol. The SMILES string of the molecule is COc1cc(O)ccc1/C=C(/NC(=O)c1ccccc1)C(=O)Nc1cccc(SC(C(=O)Nc2ccc(Cl)cc2C(F)(F)F)c2ccccc2)c1. The van der Waals surface area contributed by atoms with Crippen LogP contribution in [0, 0.1) is 0 Å². The van der Waals surface area contributed by atoms with Gasteiger partial charge < -0.3 is 25.8 Å². The van der Waals surface area contributed by atoms with E-state index in [0.29, 0.717) is 27.3 Å². The van der Waals surface area contributed by atoms with Gasteiger partial charge in [-0.05, 0) is 72.3 Å². The lowest BCUT2D eigenvalue weighted by atomic mass is 10.1. The van der Waals surface area contributed by atoms with Crippen LogP contribution in [0.3, 0.4) is 0 Å². The molecule has 0 fully saturated rings. The number of thioether (sulfide) groups is 1. The molecule has 0 bridgehead atoms. The first-order valence-electron chi connectivity index (χ1n) is 15.2. The largest absolute Gasteiger partial charge is 0.508 e. The number of hydrogen-bond acceptors (Lipinski definition) is 6. The molecule has 13 heteroatoms. The molecular formula is C38H29ClF3N3O5S. The summed E-state index contributed by atoms with van der Waals surface area (Å²) < 4.78 is 46.7. The molecule has 0 saturated heterocycles. The number of benzene rings is 5. The lowest BCUT2D eigenvalue weighted by molar-refractivity contribution is -0.137. The molecule has 8 nitrogen and oxygen atoms in total. The number of phenolic OH excluding ortho intramolecular Hbond substituents is 1. The number of alkyl halides is 3. The van der Waals surface area contributed by atoms with E-state index in [2.05, 4.69) is 16.0 Å². The standard InChI is InChI=1S/C38H29ClF3N3O5S/c1-50-33-22-28(46)17-15-25(33)19-32(45-35(47)24-11-6-3-7-12-24)36(48)43-27-13-8-14-29(21-27)51-34(23-9-4-2-5-10-23)37(49)44-31-18-16-26(39)20-30(31)38(40,41)42/h2-22,34,46H,1H3,(H,43,48)(H,44,49)(H,45,47)/b32-19+. The molecule has 1 atom stereocenters. The van der Waals surface area contributed by atoms with E-state index < -0.39 is 40.4 Å². The van der Waals surface area contributed by atoms with Crippen molar-refractivity contribution in [1.82, 2.24) is 5.32 Å². The smallest absolute Gasteiger partial charge is 0.418 e. The molecule has 0 heterocycles. The van der Waals surface area contributed by atoms with Crippen molar-refractivity contribution in [3.63, 3.8) is 0 Å². The van der Waals surface area contributed by atoms with Gasteiger partial charge in [-0.3, -0.25) is 14.4 Å². The molecule has 5 aromatic rings. The number of carbonyl (C=O) groups excluding carboxylic acids is 3. The zero-order valence-corrected chi connectivity index (χ0v) is 28.3. The fourth-order valence-corrected chi connectivity index (χ4v) is 6.11. The number of methoxy groups -OCH3 is 1. The van der Waals surface area contributed by atoms with Crippen molar-refractivity contribution in [2.24, 2.45) is 0 Å². The Bertz CT molecular complexity index is 2080. The first-order chi connectivity index (χ1) is 24.4. The van der Waals surface area contributed by atoms with Crippen molar-refractivity contribution >= 4 is 58.5 Å². The zero-order valence-electron chi connectivity index (χ0n) is 26.7. The molecule has 0 spiro atoms. The van der Waals surface area contributed by atoms with Crippen LogP contribution >= 0.6 is 23.4 Å². The maximum Gasteiger partial charge on any atom is 0.418 e. The second kappa shape index (κ2) is 16.3. The van der Waals surface area contributed by atoms with Crippen LogP contribution in [0.25, 0.3) is 6.08 Å². The maximum atomic E-state index is 13.8. The highest BCUT2D eigenvalue weighted by molar-refractivity contribution is 8.00. The van der Waals surface area contributed by atoms with Crippen LogP contribution in [-0.2, 0) is 15.8 Å². The Balaban J connectivity index is 1.42. The number of ether oxygens (including phenoxy) is 1. The normalized spacial score (nSPS) is 12.1. The van der Waals surface area contributed by atoms with E-state index in [0.717, 1.165) is 23.9 Å². The minimum Gasteiger partial charge on any atom is -0.508 e. The summed E-state index contributed by atoms with van der Waals surface area (Å²) in [7, 11) is 1.39. The molecule has 0 aliphatic carbocycles. The summed E-state index contributed by atoms with van der Waals surface area (Å²) in [6, 6.07) is 30.7. The van der Waals surface area contributed by atoms with Crippen LogP contribution in [0.15, 0.2) is 132 Å². The average Bonchev–Trinajstić information content (AvgIpc) is 3.12. The second-order valence-electron chi connectivity index (χ2n) is 10.9. The number of phenols is 1. The topological polar surface area (TPSA) is 117 Å². The lowest BCUT2D eigenvalue weighted by Gasteiger charge is -2.20. The van der Waals surface area contributed by atoms with Gasteiger partial charge >= 0.3 is 6.18 Å². The Morgan fingerprint density at radius 3 is 2.24 bits per heavy atom. The van der Waals surface area contributed by atoms with Crippen molar-refractivity contribution < 1.29 is 37.4 Å². The van der Waals surface area contributed by atoms with E-state index in [1.165, 1.54) is 37.5 Å². The summed E-state index contributed by atoms with van der Waals surface area (Å²) in [6.07, 6.45) is -3.37. The Hall–Kier alpha value is -5.72. The highest BCUT2D eigenvalue weighted by Gasteiger charge is 2.35. The van der Waals surface area contributed by atoms with E-state index in [1.807, 2.05) is 0 Å². The number of carbonyl (C=O) groups is 3. The number of rotatable bonds is 11. The number of hydrogen-bond donors (Lipinski definition) is 4. The Morgan fingerprint density at radius 2 is 1.55 bits per heavy atom. The third kappa shape index (κ3) is 9.71. The number of halogens is 4. The third-order valence-electron chi connectivity index (χ3n) is 7.28. The molecule has 1 unspecified atom stereocenters. The highest BCUT2D eigenvalue weighted by atomic mass is 35.5. The summed E-state index contributed by atoms with van der Waals surface area (Å²) in [4.78, 5) is 40.9. The van der Waals surface area contributed by atoms with E-state index in [4.69, 9.17) is 16.3 Å². The first-order valence-corrected chi connectivity index (χ1v) is 16.4. The number of amides is 3. The molecule has 4 N–H and O–H groups in total. The molecule has 3 amide bonds. The first kappa shape index (κ1) is 36.6. The van der Waals surface area contributed by atoms with Crippen molar-refractivity contribution in [3.8, 4) is 11.5 Å². The molecule has 0 radical (unpaired) electrons. The van der Waals surface area contributed by atoms with Crippen LogP contribution in [-0.4, -0.2) is 29.9 Å². The van der Waals surface area contributed by atoms with Gasteiger partial charge in [-0.2, -0.15) is 13.2 Å². The summed E-state index contributed by atoms with van der Waals surface area (Å²) in [5.41, 5.74) is -0.154. The van der Waals surface area contributed by atoms with Gasteiger partial charge in [-0.25, -0.2) is 0 Å². The summed E-state index contributed by atoms with van der Waals surface area (Å²) >= 11 is 6.88. The predicted octanol–water partition coefficient (Wildman–Crippen LogP) is 8.95. The van der Waals surface area contributed by atoms with Crippen LogP contribution < -0.4 is 20.7 Å². The molecule has 5 rings (SSSR count). The predicted molar refractivity (Wildman–Crippen MR) is 192 cm³/mol. The van der Waals surface area contributed by atoms with E-state index >= 15 is 0 Å². The van der Waals surface area contributed by atoms with Crippen LogP contribution in [0.4, 0.5) is 24.5 Å². The second-order valence-corrected chi connectivity index (χ2v) is 12.5. The van der Waals surface area contributed by atoms with Gasteiger partial charge in [-0.1, -0.05) is 66.2 Å². The van der Waals surface area contributed by atoms with Gasteiger partial charge in [0.05, 0.1) is 18.4 Å². The van der Waals surface area contributed by atoms with Crippen molar-refractivity contribution in [2.75, 3.05) is 17.7 Å². The molecule has 0 aliphatic rings. The van der Waals surface area contributed by atoms with Crippen LogP contribution in [0.5, 0.6) is 11.5 Å². The van der Waals surface area contributed by atoms with Gasteiger partial charge in [-0.15, -0.1) is 11.8 Å². The van der Waals surface area contributed by atoms with Gasteiger partial charge in [0.25, 0.3) is 11.8 Å². The third-order valence-corrected chi connectivity index (χ3v) is 8.76. The number of anilines is 2. The molecule has 0 aromatic heterocycles.